The van der Waals surface area contributed by atoms with Gasteiger partial charge in [0.05, 0.1) is 5.69 Å². The van der Waals surface area contributed by atoms with Crippen LogP contribution in [0.3, 0.4) is 0 Å². The van der Waals surface area contributed by atoms with E-state index in [1.807, 2.05) is 18.3 Å². The lowest BCUT2D eigenvalue weighted by Crippen LogP contribution is -2.63. The zero-order valence-electron chi connectivity index (χ0n) is 17.1. The van der Waals surface area contributed by atoms with E-state index in [9.17, 15) is 4.79 Å². The Balaban J connectivity index is 1.44. The summed E-state index contributed by atoms with van der Waals surface area (Å²) >= 11 is 5.97. The molecule has 3 aliphatic carbocycles. The number of carbonyl (C=O) groups excluding carboxylic acids is 1. The lowest BCUT2D eigenvalue weighted by atomic mass is 9.46. The number of hydrogen-bond acceptors (Lipinski definition) is 4. The first kappa shape index (κ1) is 18.9. The Kier molecular flexibility index (Phi) is 4.52. The first-order valence-corrected chi connectivity index (χ1v) is 11.6. The third-order valence-corrected chi connectivity index (χ3v) is 9.79. The van der Waals surface area contributed by atoms with Crippen LogP contribution in [0.15, 0.2) is 24.4 Å². The van der Waals surface area contributed by atoms with E-state index in [-0.39, 0.29) is 10.8 Å². The van der Waals surface area contributed by atoms with Crippen molar-refractivity contribution in [1.82, 2.24) is 10.3 Å². The fourth-order valence-corrected chi connectivity index (χ4v) is 8.32. The van der Waals surface area contributed by atoms with Gasteiger partial charge in [-0.05, 0) is 73.8 Å². The van der Waals surface area contributed by atoms with Crippen LogP contribution in [-0.4, -0.2) is 28.2 Å². The highest BCUT2D eigenvalue weighted by Gasteiger charge is 2.62. The Morgan fingerprint density at radius 1 is 1.14 bits per heavy atom. The van der Waals surface area contributed by atoms with Crippen molar-refractivity contribution in [3.05, 3.63) is 30.1 Å². The Labute approximate surface area is 174 Å². The predicted octanol–water partition coefficient (Wildman–Crippen LogP) is 4.59. The molecule has 4 heteroatoms. The number of thiocarbonyl (C=S) groups is 1. The predicted molar refractivity (Wildman–Crippen MR) is 115 cm³/mol. The van der Waals surface area contributed by atoms with Gasteiger partial charge >= 0.3 is 0 Å². The molecule has 4 aliphatic rings. The Bertz CT molecular complexity index is 795. The van der Waals surface area contributed by atoms with Crippen molar-refractivity contribution < 1.29 is 4.79 Å². The van der Waals surface area contributed by atoms with Gasteiger partial charge in [0.2, 0.25) is 0 Å². The molecular weight excluding hydrogens is 364 g/mol. The summed E-state index contributed by atoms with van der Waals surface area (Å²) in [5.74, 6) is 2.90. The van der Waals surface area contributed by atoms with Gasteiger partial charge in [-0.3, -0.25) is 9.78 Å². The number of nitrogens with zero attached hydrogens (tertiary/aromatic N) is 1. The van der Waals surface area contributed by atoms with E-state index in [0.29, 0.717) is 41.9 Å². The number of nitrogens with one attached hydrogen (secondary N) is 1. The highest BCUT2D eigenvalue weighted by atomic mass is 32.1. The second-order valence-electron chi connectivity index (χ2n) is 10.2. The monoisotopic (exact) mass is 396 g/mol. The van der Waals surface area contributed by atoms with E-state index >= 15 is 0 Å². The van der Waals surface area contributed by atoms with Crippen molar-refractivity contribution in [3.8, 4) is 0 Å². The van der Waals surface area contributed by atoms with Crippen LogP contribution in [0.5, 0.6) is 0 Å². The smallest absolute Gasteiger partial charge is 0.141 e. The van der Waals surface area contributed by atoms with E-state index in [1.54, 1.807) is 0 Å². The van der Waals surface area contributed by atoms with Crippen LogP contribution in [0.2, 0.25) is 0 Å². The van der Waals surface area contributed by atoms with Crippen LogP contribution in [0.1, 0.15) is 64.5 Å². The maximum Gasteiger partial charge on any atom is 0.141 e. The molecule has 0 spiro atoms. The molecule has 0 amide bonds. The van der Waals surface area contributed by atoms with E-state index in [0.717, 1.165) is 23.5 Å². The van der Waals surface area contributed by atoms with Crippen molar-refractivity contribution in [1.29, 1.82) is 0 Å². The highest BCUT2D eigenvalue weighted by molar-refractivity contribution is 7.80. The number of pyridine rings is 1. The van der Waals surface area contributed by atoms with Crippen molar-refractivity contribution in [2.24, 2.45) is 34.5 Å². The van der Waals surface area contributed by atoms with Crippen LogP contribution in [0.4, 0.5) is 0 Å². The molecule has 0 radical (unpaired) electrons. The van der Waals surface area contributed by atoms with Gasteiger partial charge in [0.15, 0.2) is 0 Å². The Morgan fingerprint density at radius 2 is 2.00 bits per heavy atom. The molecule has 3 saturated carbocycles. The molecular formula is C24H32N2OS. The molecule has 3 nitrogen and oxygen atoms in total. The van der Waals surface area contributed by atoms with Crippen LogP contribution in [0, 0.1) is 34.5 Å². The second-order valence-corrected chi connectivity index (χ2v) is 10.6. The lowest BCUT2D eigenvalue weighted by molar-refractivity contribution is -0.149. The summed E-state index contributed by atoms with van der Waals surface area (Å²) in [5.41, 5.74) is 1.11. The third kappa shape index (κ3) is 2.53. The van der Waals surface area contributed by atoms with E-state index < -0.39 is 0 Å². The molecule has 0 bridgehead atoms. The highest BCUT2D eigenvalue weighted by Crippen LogP contribution is 2.65. The molecule has 1 aromatic rings. The van der Waals surface area contributed by atoms with Crippen LogP contribution >= 0.6 is 12.2 Å². The van der Waals surface area contributed by atoms with Crippen LogP contribution in [0.25, 0.3) is 0 Å². The molecule has 150 valence electrons. The van der Waals surface area contributed by atoms with Gasteiger partial charge in [-0.15, -0.1) is 0 Å². The normalized spacial score (nSPS) is 45.1. The number of ketones is 1. The summed E-state index contributed by atoms with van der Waals surface area (Å²) in [6, 6.07) is 6.48. The largest absolute Gasteiger partial charge is 0.313 e. The molecule has 4 fully saturated rings. The average molecular weight is 397 g/mol. The zero-order valence-corrected chi connectivity index (χ0v) is 17.9. The van der Waals surface area contributed by atoms with E-state index in [2.05, 4.69) is 30.2 Å². The van der Waals surface area contributed by atoms with Crippen LogP contribution < -0.4 is 5.32 Å². The molecule has 2 heterocycles. The zero-order chi connectivity index (χ0) is 19.5. The van der Waals surface area contributed by atoms with E-state index in [1.165, 1.54) is 32.1 Å². The summed E-state index contributed by atoms with van der Waals surface area (Å²) in [6.07, 6.45) is 9.83. The topological polar surface area (TPSA) is 42.0 Å². The summed E-state index contributed by atoms with van der Waals surface area (Å²) in [7, 11) is 0. The molecule has 7 atom stereocenters. The summed E-state index contributed by atoms with van der Waals surface area (Å²) in [4.78, 5) is 18.7. The minimum Gasteiger partial charge on any atom is -0.313 e. The summed E-state index contributed by atoms with van der Waals surface area (Å²) < 4.78 is 0. The number of aromatic nitrogens is 1. The fraction of sp³-hybridized carbons (Fsp3) is 0.708. The summed E-state index contributed by atoms with van der Waals surface area (Å²) in [5, 5.41) is 3.69. The van der Waals surface area contributed by atoms with Crippen molar-refractivity contribution in [2.75, 3.05) is 6.54 Å². The van der Waals surface area contributed by atoms with Crippen LogP contribution in [-0.2, 0) is 4.79 Å². The van der Waals surface area contributed by atoms with Gasteiger partial charge in [0, 0.05) is 41.4 Å². The molecule has 1 aliphatic heterocycles. The van der Waals surface area contributed by atoms with Crippen molar-refractivity contribution in [2.45, 2.75) is 64.8 Å². The molecule has 1 saturated heterocycles. The van der Waals surface area contributed by atoms with Gasteiger partial charge < -0.3 is 5.32 Å². The Morgan fingerprint density at radius 3 is 2.79 bits per heavy atom. The van der Waals surface area contributed by atoms with Gasteiger partial charge in [0.1, 0.15) is 5.78 Å². The number of rotatable bonds is 2. The maximum atomic E-state index is 13.1. The third-order valence-electron chi connectivity index (χ3n) is 9.30. The first-order chi connectivity index (χ1) is 13.5. The van der Waals surface area contributed by atoms with E-state index in [4.69, 9.17) is 12.2 Å². The molecule has 1 N–H and O–H groups in total. The molecule has 2 unspecified atom stereocenters. The fourth-order valence-electron chi connectivity index (χ4n) is 7.81. The summed E-state index contributed by atoms with van der Waals surface area (Å²) in [6.45, 7) is 5.66. The molecule has 28 heavy (non-hydrogen) atoms. The van der Waals surface area contributed by atoms with Gasteiger partial charge in [0.25, 0.3) is 0 Å². The average Bonchev–Trinajstić information content (AvgIpc) is 3.06. The first-order valence-electron chi connectivity index (χ1n) is 11.2. The minimum absolute atomic E-state index is 0.151. The number of hydrogen-bond donors (Lipinski definition) is 1. The lowest BCUT2D eigenvalue weighted by Gasteiger charge is -2.59. The second kappa shape index (κ2) is 6.70. The maximum absolute atomic E-state index is 13.1. The molecule has 0 aromatic carbocycles. The quantitative estimate of drug-likeness (QED) is 0.586. The Hall–Kier alpha value is -1.13. The van der Waals surface area contributed by atoms with Crippen molar-refractivity contribution in [3.63, 3.8) is 0 Å². The number of piperidine rings is 1. The number of fused-ring (bicyclic) bond motifs is 5. The van der Waals surface area contributed by atoms with Crippen molar-refractivity contribution >= 4 is 22.9 Å². The number of carbonyl (C=O) groups is 1. The van der Waals surface area contributed by atoms with Gasteiger partial charge in [-0.2, -0.15) is 0 Å². The molecule has 5 rings (SSSR count). The standard InChI is InChI=1S/C24H32N2OS/c1-23-12-10-17-15(6-9-20-24(17,2)21(27)11-14-26-20)16(23)7-8-18(23)22(28)19-5-3-4-13-25-19/h3-5,13,15-18,20,26H,6-12,14H2,1-2H3/t15-,16-,17+,18?,20?,23-,24+/m0/s1. The van der Waals surface area contributed by atoms with Gasteiger partial charge in [-0.25, -0.2) is 0 Å². The molecule has 1 aromatic heterocycles. The minimum atomic E-state index is -0.151. The van der Waals surface area contributed by atoms with Gasteiger partial charge in [-0.1, -0.05) is 32.1 Å². The SMILES string of the molecule is C[C@]12C(=O)CCNC1CC[C@@H]1[C@H]2CC[C@]2(C)C(C(=S)c3ccccn3)CC[C@@H]12. The number of Topliss-reactive ketones (excluding diaryl/α,β-unsaturated/α-hetero) is 1.